The highest BCUT2D eigenvalue weighted by atomic mass is 16.2. The largest absolute Gasteiger partial charge is 0.338 e. The molecule has 0 aromatic carbocycles. The maximum atomic E-state index is 12.3. The van der Waals surface area contributed by atoms with E-state index in [-0.39, 0.29) is 0 Å². The third-order valence-electron chi connectivity index (χ3n) is 5.66. The van der Waals surface area contributed by atoms with Crippen molar-refractivity contribution in [2.24, 2.45) is 29.6 Å². The van der Waals surface area contributed by atoms with Crippen LogP contribution in [0.1, 0.15) is 46.0 Å². The molecule has 4 atom stereocenters. The van der Waals surface area contributed by atoms with Gasteiger partial charge in [-0.05, 0) is 62.7 Å². The zero-order chi connectivity index (χ0) is 15.0. The fourth-order valence-corrected chi connectivity index (χ4v) is 4.20. The van der Waals surface area contributed by atoms with Crippen LogP contribution in [0.4, 0.5) is 0 Å². The molecule has 0 aromatic heterocycles. The lowest BCUT2D eigenvalue weighted by molar-refractivity contribution is -0.132. The second-order valence-electron chi connectivity index (χ2n) is 7.54. The number of carbonyl (C=O) groups is 1. The number of allylic oxidation sites excluding steroid dienone is 2. The first kappa shape index (κ1) is 14.9. The zero-order valence-corrected chi connectivity index (χ0v) is 13.6. The normalized spacial score (nSPS) is 35.0. The van der Waals surface area contributed by atoms with Gasteiger partial charge in [-0.15, -0.1) is 6.58 Å². The molecule has 2 nitrogen and oxygen atoms in total. The fraction of sp³-hybridized carbons (Fsp3) is 0.737. The minimum atomic E-state index is 0.335. The summed E-state index contributed by atoms with van der Waals surface area (Å²) < 4.78 is 0. The molecule has 0 radical (unpaired) electrons. The molecule has 4 unspecified atom stereocenters. The average Bonchev–Trinajstić information content (AvgIpc) is 3.32. The van der Waals surface area contributed by atoms with Crippen LogP contribution in [0.25, 0.3) is 0 Å². The molecule has 0 bridgehead atoms. The van der Waals surface area contributed by atoms with E-state index >= 15 is 0 Å². The standard InChI is InChI=1S/C19H29NO/c1-4-9-20(19(21)15-6-7-15)12-16-11-18(16)17-8-5-13(2)10-14(17)3/h4,10,14-18H,1,5-9,11-12H2,2-3H3. The molecule has 0 aromatic rings. The van der Waals surface area contributed by atoms with Crippen molar-refractivity contribution in [3.63, 3.8) is 0 Å². The Kier molecular flexibility index (Phi) is 4.24. The lowest BCUT2D eigenvalue weighted by Crippen LogP contribution is -2.34. The number of carbonyl (C=O) groups excluding carboxylic acids is 1. The van der Waals surface area contributed by atoms with Gasteiger partial charge in [-0.2, -0.15) is 0 Å². The Balaban J connectivity index is 1.54. The monoisotopic (exact) mass is 287 g/mol. The Morgan fingerprint density at radius 1 is 1.38 bits per heavy atom. The van der Waals surface area contributed by atoms with Crippen molar-refractivity contribution in [2.45, 2.75) is 46.0 Å². The average molecular weight is 287 g/mol. The SMILES string of the molecule is C=CCN(CC1CC1C1CCC(C)=CC1C)C(=O)C1CC1. The molecule has 2 fully saturated rings. The van der Waals surface area contributed by atoms with Crippen LogP contribution in [-0.2, 0) is 4.79 Å². The van der Waals surface area contributed by atoms with Crippen molar-refractivity contribution in [1.29, 1.82) is 0 Å². The Morgan fingerprint density at radius 2 is 2.14 bits per heavy atom. The number of hydrogen-bond acceptors (Lipinski definition) is 1. The molecule has 2 saturated carbocycles. The summed E-state index contributed by atoms with van der Waals surface area (Å²) in [6.45, 7) is 10.2. The molecule has 0 spiro atoms. The number of amides is 1. The Labute approximate surface area is 129 Å². The lowest BCUT2D eigenvalue weighted by atomic mass is 9.78. The molecule has 3 aliphatic carbocycles. The molecule has 3 rings (SSSR count). The Morgan fingerprint density at radius 3 is 2.76 bits per heavy atom. The van der Waals surface area contributed by atoms with Crippen LogP contribution in [0, 0.1) is 29.6 Å². The van der Waals surface area contributed by atoms with Gasteiger partial charge >= 0.3 is 0 Å². The molecular formula is C19H29NO. The molecule has 0 saturated heterocycles. The Bertz CT molecular complexity index is 448. The second-order valence-corrected chi connectivity index (χ2v) is 7.54. The van der Waals surface area contributed by atoms with E-state index in [0.29, 0.717) is 11.8 Å². The molecule has 2 heteroatoms. The summed E-state index contributed by atoms with van der Waals surface area (Å²) in [5, 5.41) is 0. The molecule has 116 valence electrons. The van der Waals surface area contributed by atoms with Crippen molar-refractivity contribution in [3.8, 4) is 0 Å². The minimum Gasteiger partial charge on any atom is -0.338 e. The van der Waals surface area contributed by atoms with E-state index in [1.807, 2.05) is 6.08 Å². The van der Waals surface area contributed by atoms with Gasteiger partial charge in [0.1, 0.15) is 0 Å². The second kappa shape index (κ2) is 5.98. The molecule has 21 heavy (non-hydrogen) atoms. The molecular weight excluding hydrogens is 258 g/mol. The van der Waals surface area contributed by atoms with Crippen LogP contribution in [0.2, 0.25) is 0 Å². The van der Waals surface area contributed by atoms with Gasteiger partial charge in [-0.3, -0.25) is 4.79 Å². The summed E-state index contributed by atoms with van der Waals surface area (Å²) >= 11 is 0. The number of rotatable bonds is 6. The maximum absolute atomic E-state index is 12.3. The minimum absolute atomic E-state index is 0.335. The predicted molar refractivity (Wildman–Crippen MR) is 86.7 cm³/mol. The van der Waals surface area contributed by atoms with Crippen LogP contribution in [0.5, 0.6) is 0 Å². The van der Waals surface area contributed by atoms with Crippen LogP contribution < -0.4 is 0 Å². The maximum Gasteiger partial charge on any atom is 0.225 e. The highest BCUT2D eigenvalue weighted by Crippen LogP contribution is 2.51. The van der Waals surface area contributed by atoms with Crippen molar-refractivity contribution < 1.29 is 4.79 Å². The fourth-order valence-electron chi connectivity index (χ4n) is 4.20. The number of hydrogen-bond donors (Lipinski definition) is 0. The summed E-state index contributed by atoms with van der Waals surface area (Å²) in [6, 6.07) is 0. The van der Waals surface area contributed by atoms with Gasteiger partial charge < -0.3 is 4.90 Å². The lowest BCUT2D eigenvalue weighted by Gasteiger charge is -2.28. The summed E-state index contributed by atoms with van der Waals surface area (Å²) in [6.07, 6.45) is 10.5. The highest BCUT2D eigenvalue weighted by molar-refractivity contribution is 5.81. The summed E-state index contributed by atoms with van der Waals surface area (Å²) in [4.78, 5) is 14.4. The van der Waals surface area contributed by atoms with E-state index in [4.69, 9.17) is 0 Å². The number of nitrogens with zero attached hydrogens (tertiary/aromatic N) is 1. The van der Waals surface area contributed by atoms with E-state index in [2.05, 4.69) is 31.4 Å². The first-order valence-electron chi connectivity index (χ1n) is 8.67. The third-order valence-corrected chi connectivity index (χ3v) is 5.66. The van der Waals surface area contributed by atoms with Gasteiger partial charge in [0, 0.05) is 19.0 Å². The van der Waals surface area contributed by atoms with Crippen LogP contribution in [-0.4, -0.2) is 23.9 Å². The third kappa shape index (κ3) is 3.41. The predicted octanol–water partition coefficient (Wildman–Crippen LogP) is 4.04. The van der Waals surface area contributed by atoms with E-state index in [1.54, 1.807) is 5.57 Å². The summed E-state index contributed by atoms with van der Waals surface area (Å²) in [5.74, 6) is 3.88. The van der Waals surface area contributed by atoms with Gasteiger partial charge in [0.05, 0.1) is 0 Å². The van der Waals surface area contributed by atoms with Crippen molar-refractivity contribution in [3.05, 3.63) is 24.3 Å². The van der Waals surface area contributed by atoms with Gasteiger partial charge in [0.25, 0.3) is 0 Å². The van der Waals surface area contributed by atoms with E-state index in [0.717, 1.165) is 49.6 Å². The molecule has 3 aliphatic rings. The van der Waals surface area contributed by atoms with Gasteiger partial charge in [0.15, 0.2) is 0 Å². The van der Waals surface area contributed by atoms with Crippen LogP contribution in [0.15, 0.2) is 24.3 Å². The van der Waals surface area contributed by atoms with Crippen molar-refractivity contribution >= 4 is 5.91 Å². The molecule has 0 N–H and O–H groups in total. The Hall–Kier alpha value is -1.05. The van der Waals surface area contributed by atoms with E-state index in [1.165, 1.54) is 19.3 Å². The summed E-state index contributed by atoms with van der Waals surface area (Å²) in [5.41, 5.74) is 1.56. The molecule has 0 aliphatic heterocycles. The van der Waals surface area contributed by atoms with Crippen molar-refractivity contribution in [1.82, 2.24) is 4.90 Å². The highest BCUT2D eigenvalue weighted by Gasteiger charge is 2.46. The molecule has 1 amide bonds. The van der Waals surface area contributed by atoms with Gasteiger partial charge in [0.2, 0.25) is 5.91 Å². The smallest absolute Gasteiger partial charge is 0.225 e. The van der Waals surface area contributed by atoms with Crippen LogP contribution >= 0.6 is 0 Å². The first-order valence-corrected chi connectivity index (χ1v) is 8.67. The van der Waals surface area contributed by atoms with Crippen molar-refractivity contribution in [2.75, 3.05) is 13.1 Å². The summed E-state index contributed by atoms with van der Waals surface area (Å²) in [7, 11) is 0. The van der Waals surface area contributed by atoms with E-state index < -0.39 is 0 Å². The zero-order valence-electron chi connectivity index (χ0n) is 13.6. The topological polar surface area (TPSA) is 20.3 Å². The molecule has 0 heterocycles. The van der Waals surface area contributed by atoms with Gasteiger partial charge in [-0.25, -0.2) is 0 Å². The first-order chi connectivity index (χ1) is 10.1. The van der Waals surface area contributed by atoms with Crippen LogP contribution in [0.3, 0.4) is 0 Å². The quantitative estimate of drug-likeness (QED) is 0.675. The van der Waals surface area contributed by atoms with Gasteiger partial charge in [-0.1, -0.05) is 24.6 Å². The van der Waals surface area contributed by atoms with E-state index in [9.17, 15) is 4.79 Å².